The fraction of sp³-hybridized carbons (Fsp3) is 0.562. The maximum Gasteiger partial charge on any atom is 0.337 e. The van der Waals surface area contributed by atoms with E-state index in [2.05, 4.69) is 4.90 Å². The molecule has 1 aromatic rings. The van der Waals surface area contributed by atoms with Crippen LogP contribution >= 0.6 is 24.8 Å². The third-order valence-corrected chi connectivity index (χ3v) is 3.68. The van der Waals surface area contributed by atoms with Gasteiger partial charge in [0, 0.05) is 19.1 Å². The molecule has 5 nitrogen and oxygen atoms in total. The van der Waals surface area contributed by atoms with Crippen molar-refractivity contribution in [3.05, 3.63) is 29.8 Å². The molecule has 0 unspecified atom stereocenters. The highest BCUT2D eigenvalue weighted by atomic mass is 35.5. The number of likely N-dealkylation sites (tertiary alicyclic amines) is 1. The Morgan fingerprint density at radius 3 is 2.87 bits per heavy atom. The Balaban J connectivity index is 0.00000242. The molecule has 0 saturated carbocycles. The average Bonchev–Trinajstić information content (AvgIpc) is 2.51. The van der Waals surface area contributed by atoms with Gasteiger partial charge in [-0.25, -0.2) is 4.79 Å². The first kappa shape index (κ1) is 22.0. The van der Waals surface area contributed by atoms with Crippen molar-refractivity contribution in [2.24, 2.45) is 5.73 Å². The number of halogens is 2. The van der Waals surface area contributed by atoms with Crippen LogP contribution in [0.4, 0.5) is 0 Å². The van der Waals surface area contributed by atoms with Crippen molar-refractivity contribution in [2.75, 3.05) is 33.4 Å². The minimum absolute atomic E-state index is 0. The highest BCUT2D eigenvalue weighted by Crippen LogP contribution is 2.14. The second kappa shape index (κ2) is 11.5. The molecule has 1 aliphatic rings. The highest BCUT2D eigenvalue weighted by Gasteiger charge is 2.15. The zero-order valence-corrected chi connectivity index (χ0v) is 15.0. The summed E-state index contributed by atoms with van der Waals surface area (Å²) in [6, 6.07) is 7.39. The normalized spacial score (nSPS) is 17.6. The van der Waals surface area contributed by atoms with Gasteiger partial charge in [-0.1, -0.05) is 6.07 Å². The van der Waals surface area contributed by atoms with E-state index in [1.807, 2.05) is 6.07 Å². The van der Waals surface area contributed by atoms with E-state index in [9.17, 15) is 4.79 Å². The van der Waals surface area contributed by atoms with Crippen LogP contribution in [0.15, 0.2) is 24.3 Å². The number of nitrogens with two attached hydrogens (primary N) is 1. The number of nitrogens with zero attached hydrogens (tertiary/aromatic N) is 1. The monoisotopic (exact) mass is 364 g/mol. The smallest absolute Gasteiger partial charge is 0.337 e. The Morgan fingerprint density at radius 2 is 2.17 bits per heavy atom. The number of hydrogen-bond donors (Lipinski definition) is 1. The average molecular weight is 365 g/mol. The molecule has 2 rings (SSSR count). The summed E-state index contributed by atoms with van der Waals surface area (Å²) in [5.41, 5.74) is 6.47. The van der Waals surface area contributed by atoms with Gasteiger partial charge < -0.3 is 20.1 Å². The first-order valence-corrected chi connectivity index (χ1v) is 7.48. The number of ether oxygens (including phenoxy) is 2. The van der Waals surface area contributed by atoms with E-state index in [0.717, 1.165) is 32.5 Å². The molecule has 23 heavy (non-hydrogen) atoms. The van der Waals surface area contributed by atoms with E-state index in [0.29, 0.717) is 24.0 Å². The van der Waals surface area contributed by atoms with Crippen LogP contribution in [0.5, 0.6) is 5.75 Å². The summed E-state index contributed by atoms with van der Waals surface area (Å²) in [5, 5.41) is 0. The summed E-state index contributed by atoms with van der Waals surface area (Å²) < 4.78 is 10.4. The summed E-state index contributed by atoms with van der Waals surface area (Å²) in [4.78, 5) is 13.8. The minimum Gasteiger partial charge on any atom is -0.494 e. The van der Waals surface area contributed by atoms with Crippen molar-refractivity contribution in [3.8, 4) is 5.75 Å². The third kappa shape index (κ3) is 7.40. The number of benzene rings is 1. The Hall–Kier alpha value is -1.01. The van der Waals surface area contributed by atoms with Crippen LogP contribution in [0.25, 0.3) is 0 Å². The van der Waals surface area contributed by atoms with Crippen molar-refractivity contribution in [3.63, 3.8) is 0 Å². The number of hydrogen-bond acceptors (Lipinski definition) is 5. The predicted octanol–water partition coefficient (Wildman–Crippen LogP) is 2.51. The third-order valence-electron chi connectivity index (χ3n) is 3.68. The number of rotatable bonds is 6. The van der Waals surface area contributed by atoms with Gasteiger partial charge in [-0.15, -0.1) is 24.8 Å². The predicted molar refractivity (Wildman–Crippen MR) is 96.0 cm³/mol. The van der Waals surface area contributed by atoms with E-state index in [1.54, 1.807) is 18.2 Å². The topological polar surface area (TPSA) is 64.8 Å². The lowest BCUT2D eigenvalue weighted by atomic mass is 10.1. The Labute approximate surface area is 150 Å². The lowest BCUT2D eigenvalue weighted by Gasteiger charge is -2.30. The molecule has 0 amide bonds. The largest absolute Gasteiger partial charge is 0.494 e. The number of carbonyl (C=O) groups is 1. The second-order valence-corrected chi connectivity index (χ2v) is 5.42. The Kier molecular flexibility index (Phi) is 11.0. The van der Waals surface area contributed by atoms with Crippen molar-refractivity contribution in [1.29, 1.82) is 0 Å². The van der Waals surface area contributed by atoms with Gasteiger partial charge in [-0.3, -0.25) is 0 Å². The van der Waals surface area contributed by atoms with Crippen molar-refractivity contribution >= 4 is 30.8 Å². The molecule has 0 radical (unpaired) electrons. The molecule has 0 bridgehead atoms. The van der Waals surface area contributed by atoms with Crippen LogP contribution in [0.1, 0.15) is 29.6 Å². The van der Waals surface area contributed by atoms with Crippen LogP contribution in [-0.4, -0.2) is 50.3 Å². The summed E-state index contributed by atoms with van der Waals surface area (Å²) >= 11 is 0. The molecule has 1 aromatic carbocycles. The summed E-state index contributed by atoms with van der Waals surface area (Å²) in [6.07, 6.45) is 3.27. The van der Waals surface area contributed by atoms with Gasteiger partial charge in [0.25, 0.3) is 0 Å². The number of carbonyl (C=O) groups excluding carboxylic acids is 1. The summed E-state index contributed by atoms with van der Waals surface area (Å²) in [5.74, 6) is 0.357. The summed E-state index contributed by atoms with van der Waals surface area (Å²) in [6.45, 7) is 3.75. The lowest BCUT2D eigenvalue weighted by molar-refractivity contribution is 0.0600. The van der Waals surface area contributed by atoms with Crippen LogP contribution < -0.4 is 10.5 Å². The standard InChI is InChI=1S/C16H24N2O3.2ClH/c1-20-16(19)13-5-2-7-15(11-13)21-10-4-9-18-8-3-6-14(17)12-18;;/h2,5,7,11,14H,3-4,6,8-10,12,17H2,1H3;2*1H/t14-;;/m0../s1. The second-order valence-electron chi connectivity index (χ2n) is 5.42. The van der Waals surface area contributed by atoms with Gasteiger partial charge in [0.15, 0.2) is 0 Å². The fourth-order valence-corrected chi connectivity index (χ4v) is 2.60. The molecule has 132 valence electrons. The molecular weight excluding hydrogens is 339 g/mol. The van der Waals surface area contributed by atoms with Gasteiger partial charge in [-0.2, -0.15) is 0 Å². The summed E-state index contributed by atoms with van der Waals surface area (Å²) in [7, 11) is 1.37. The van der Waals surface area contributed by atoms with Gasteiger partial charge in [0.1, 0.15) is 5.75 Å². The quantitative estimate of drug-likeness (QED) is 0.620. The molecule has 0 aliphatic carbocycles. The Bertz CT molecular complexity index is 474. The zero-order valence-electron chi connectivity index (χ0n) is 13.4. The van der Waals surface area contributed by atoms with Crippen LogP contribution in [0.2, 0.25) is 0 Å². The molecule has 1 atom stereocenters. The van der Waals surface area contributed by atoms with Crippen LogP contribution in [-0.2, 0) is 4.74 Å². The van der Waals surface area contributed by atoms with Gasteiger partial charge >= 0.3 is 5.97 Å². The molecule has 2 N–H and O–H groups in total. The number of piperidine rings is 1. The molecule has 1 saturated heterocycles. The molecule has 1 heterocycles. The molecule has 1 aliphatic heterocycles. The van der Waals surface area contributed by atoms with Crippen LogP contribution in [0, 0.1) is 0 Å². The number of methoxy groups -OCH3 is 1. The fourth-order valence-electron chi connectivity index (χ4n) is 2.60. The van der Waals surface area contributed by atoms with Crippen molar-refractivity contribution < 1.29 is 14.3 Å². The Morgan fingerprint density at radius 1 is 1.39 bits per heavy atom. The van der Waals surface area contributed by atoms with Crippen molar-refractivity contribution in [2.45, 2.75) is 25.3 Å². The van der Waals surface area contributed by atoms with Gasteiger partial charge in [0.05, 0.1) is 19.3 Å². The van der Waals surface area contributed by atoms with E-state index in [4.69, 9.17) is 15.2 Å². The van der Waals surface area contributed by atoms with Crippen LogP contribution in [0.3, 0.4) is 0 Å². The first-order chi connectivity index (χ1) is 10.2. The van der Waals surface area contributed by atoms with E-state index in [-0.39, 0.29) is 30.8 Å². The SMILES string of the molecule is COC(=O)c1cccc(OCCCN2CCC[C@H](N)C2)c1.Cl.Cl. The van der Waals surface area contributed by atoms with E-state index >= 15 is 0 Å². The molecule has 0 spiro atoms. The van der Waals surface area contributed by atoms with Gasteiger partial charge in [-0.05, 0) is 44.0 Å². The zero-order chi connectivity index (χ0) is 15.1. The van der Waals surface area contributed by atoms with E-state index in [1.165, 1.54) is 13.5 Å². The lowest BCUT2D eigenvalue weighted by Crippen LogP contribution is -2.43. The highest BCUT2D eigenvalue weighted by molar-refractivity contribution is 5.89. The molecule has 1 fully saturated rings. The number of esters is 1. The molecule has 7 heteroatoms. The van der Waals surface area contributed by atoms with Gasteiger partial charge in [0.2, 0.25) is 0 Å². The molecular formula is C16H26Cl2N2O3. The molecule has 0 aromatic heterocycles. The van der Waals surface area contributed by atoms with Crippen molar-refractivity contribution in [1.82, 2.24) is 4.90 Å². The van der Waals surface area contributed by atoms with E-state index < -0.39 is 0 Å². The minimum atomic E-state index is -0.345. The first-order valence-electron chi connectivity index (χ1n) is 7.48. The maximum absolute atomic E-state index is 11.4. The maximum atomic E-state index is 11.4.